The summed E-state index contributed by atoms with van der Waals surface area (Å²) in [5.41, 5.74) is 1.27. The van der Waals surface area contributed by atoms with Crippen LogP contribution in [0.3, 0.4) is 0 Å². The highest BCUT2D eigenvalue weighted by Crippen LogP contribution is 2.28. The van der Waals surface area contributed by atoms with Crippen molar-refractivity contribution < 1.29 is 23.5 Å². The number of hydrogen-bond acceptors (Lipinski definition) is 6. The number of piperazine rings is 1. The molecule has 2 fully saturated rings. The summed E-state index contributed by atoms with van der Waals surface area (Å²) in [5, 5.41) is 1.96. The smallest absolute Gasteiger partial charge is 0.414 e. The average Bonchev–Trinajstić information content (AvgIpc) is 3.18. The lowest BCUT2D eigenvalue weighted by molar-refractivity contribution is 0.0746. The van der Waals surface area contributed by atoms with Crippen LogP contribution in [0.4, 0.5) is 25.4 Å². The maximum absolute atomic E-state index is 14.9. The van der Waals surface area contributed by atoms with Crippen LogP contribution in [0, 0.1) is 5.82 Å². The number of carbonyl (C=O) groups is 3. The standard InChI is InChI=1S/C21H21BrFN5O4S/c22-14-7-13(9-24-10-14)19(29)27-5-3-26(4-6-27)18-2-1-15(8-17(18)23)28-12-16(32-21(28)31)11-25-20(30)33/h1-2,7-10,16H,3-6,11-12H2,(H2,25,30,33). The van der Waals surface area contributed by atoms with E-state index in [9.17, 15) is 18.8 Å². The van der Waals surface area contributed by atoms with Crippen molar-refractivity contribution in [2.45, 2.75) is 6.10 Å². The third kappa shape index (κ3) is 5.38. The molecule has 1 unspecified atom stereocenters. The first kappa shape index (κ1) is 23.3. The van der Waals surface area contributed by atoms with Gasteiger partial charge in [0.15, 0.2) is 0 Å². The Balaban J connectivity index is 1.38. The number of pyridine rings is 1. The molecule has 1 atom stereocenters. The summed E-state index contributed by atoms with van der Waals surface area (Å²) in [6.45, 7) is 2.16. The molecule has 2 saturated heterocycles. The summed E-state index contributed by atoms with van der Waals surface area (Å²) >= 11 is 6.93. The fourth-order valence-electron chi connectivity index (χ4n) is 3.82. The molecule has 3 heterocycles. The molecule has 2 aromatic rings. The summed E-state index contributed by atoms with van der Waals surface area (Å²) in [5.74, 6) is -0.584. The van der Waals surface area contributed by atoms with E-state index in [0.29, 0.717) is 43.1 Å². The van der Waals surface area contributed by atoms with Crippen LogP contribution in [0.2, 0.25) is 0 Å². The molecule has 3 amide bonds. The van der Waals surface area contributed by atoms with Crippen molar-refractivity contribution in [3.63, 3.8) is 0 Å². The largest absolute Gasteiger partial charge is 0.442 e. The molecule has 1 aromatic carbocycles. The Kier molecular flexibility index (Phi) is 7.03. The van der Waals surface area contributed by atoms with Gasteiger partial charge in [-0.1, -0.05) is 12.6 Å². The molecule has 9 nitrogen and oxygen atoms in total. The van der Waals surface area contributed by atoms with Gasteiger partial charge in [-0.25, -0.2) is 9.18 Å². The summed E-state index contributed by atoms with van der Waals surface area (Å²) in [6.07, 6.45) is 2.00. The number of aromatic nitrogens is 1. The van der Waals surface area contributed by atoms with Crippen LogP contribution in [0.5, 0.6) is 0 Å². The van der Waals surface area contributed by atoms with Crippen LogP contribution in [0.1, 0.15) is 10.4 Å². The second kappa shape index (κ2) is 9.96. The van der Waals surface area contributed by atoms with E-state index in [1.165, 1.54) is 17.2 Å². The summed E-state index contributed by atoms with van der Waals surface area (Å²) in [6, 6.07) is 6.29. The van der Waals surface area contributed by atoms with Crippen molar-refractivity contribution >= 4 is 57.2 Å². The molecular formula is C21H21BrFN5O4S. The summed E-state index contributed by atoms with van der Waals surface area (Å²) in [4.78, 5) is 44.7. The van der Waals surface area contributed by atoms with E-state index in [-0.39, 0.29) is 19.0 Å². The lowest BCUT2D eigenvalue weighted by Crippen LogP contribution is -2.49. The molecule has 12 heteroatoms. The molecular weight excluding hydrogens is 517 g/mol. The number of anilines is 2. The topological polar surface area (TPSA) is 95.1 Å². The van der Waals surface area contributed by atoms with Crippen molar-refractivity contribution in [3.8, 4) is 0 Å². The van der Waals surface area contributed by atoms with Crippen LogP contribution in [-0.4, -0.2) is 72.5 Å². The predicted molar refractivity (Wildman–Crippen MR) is 126 cm³/mol. The number of carbonyl (C=O) groups excluding carboxylic acids is 3. The van der Waals surface area contributed by atoms with Crippen molar-refractivity contribution in [2.75, 3.05) is 49.1 Å². The predicted octanol–water partition coefficient (Wildman–Crippen LogP) is 2.91. The van der Waals surface area contributed by atoms with Gasteiger partial charge in [0.1, 0.15) is 11.9 Å². The average molecular weight is 538 g/mol. The molecule has 1 aromatic heterocycles. The Labute approximate surface area is 203 Å². The van der Waals surface area contributed by atoms with Gasteiger partial charge >= 0.3 is 6.09 Å². The Morgan fingerprint density at radius 2 is 1.97 bits per heavy atom. The zero-order valence-corrected chi connectivity index (χ0v) is 19.9. The Morgan fingerprint density at radius 1 is 1.21 bits per heavy atom. The number of benzene rings is 1. The van der Waals surface area contributed by atoms with E-state index < -0.39 is 23.3 Å². The Morgan fingerprint density at radius 3 is 2.64 bits per heavy atom. The number of hydrogen-bond donors (Lipinski definition) is 2. The highest BCUT2D eigenvalue weighted by Gasteiger charge is 2.33. The van der Waals surface area contributed by atoms with E-state index >= 15 is 0 Å². The minimum Gasteiger partial charge on any atom is -0.442 e. The summed E-state index contributed by atoms with van der Waals surface area (Å²) < 4.78 is 20.9. The first-order chi connectivity index (χ1) is 15.8. The third-order valence-electron chi connectivity index (χ3n) is 5.46. The van der Waals surface area contributed by atoms with E-state index in [0.717, 1.165) is 4.47 Å². The fourth-order valence-corrected chi connectivity index (χ4v) is 4.28. The minimum atomic E-state index is -0.602. The lowest BCUT2D eigenvalue weighted by atomic mass is 10.2. The maximum atomic E-state index is 14.9. The first-order valence-corrected chi connectivity index (χ1v) is 11.4. The number of amides is 3. The van der Waals surface area contributed by atoms with Crippen molar-refractivity contribution in [1.82, 2.24) is 15.2 Å². The van der Waals surface area contributed by atoms with E-state index in [1.54, 1.807) is 29.3 Å². The normalized spacial score (nSPS) is 18.3. The molecule has 1 N–H and O–H groups in total. The number of halogens is 2. The van der Waals surface area contributed by atoms with E-state index in [4.69, 9.17) is 4.74 Å². The molecule has 0 spiro atoms. The monoisotopic (exact) mass is 537 g/mol. The van der Waals surface area contributed by atoms with Crippen molar-refractivity contribution in [1.29, 1.82) is 0 Å². The quantitative estimate of drug-likeness (QED) is 0.569. The molecule has 2 aliphatic rings. The lowest BCUT2D eigenvalue weighted by Gasteiger charge is -2.36. The zero-order chi connectivity index (χ0) is 23.5. The van der Waals surface area contributed by atoms with Crippen LogP contribution in [-0.2, 0) is 4.74 Å². The second-order valence-electron chi connectivity index (χ2n) is 7.61. The molecule has 0 aliphatic carbocycles. The molecule has 0 bridgehead atoms. The number of nitrogens with one attached hydrogen (secondary N) is 1. The van der Waals surface area contributed by atoms with Crippen LogP contribution in [0.25, 0.3) is 0 Å². The molecule has 174 valence electrons. The number of ether oxygens (including phenoxy) is 1. The van der Waals surface area contributed by atoms with Crippen molar-refractivity contribution in [2.24, 2.45) is 0 Å². The summed E-state index contributed by atoms with van der Waals surface area (Å²) in [7, 11) is 0. The number of cyclic esters (lactones) is 1. The van der Waals surface area contributed by atoms with Gasteiger partial charge in [0.2, 0.25) is 0 Å². The van der Waals surface area contributed by atoms with Gasteiger partial charge in [0, 0.05) is 43.0 Å². The van der Waals surface area contributed by atoms with Gasteiger partial charge < -0.3 is 19.9 Å². The first-order valence-electron chi connectivity index (χ1n) is 10.2. The van der Waals surface area contributed by atoms with Gasteiger partial charge in [-0.15, -0.1) is 0 Å². The maximum Gasteiger partial charge on any atom is 0.414 e. The number of nitrogens with zero attached hydrogens (tertiary/aromatic N) is 4. The Hall–Kier alpha value is -2.86. The zero-order valence-electron chi connectivity index (χ0n) is 17.4. The van der Waals surface area contributed by atoms with Gasteiger partial charge in [0.25, 0.3) is 11.1 Å². The molecule has 0 radical (unpaired) electrons. The molecule has 33 heavy (non-hydrogen) atoms. The van der Waals surface area contributed by atoms with E-state index in [2.05, 4.69) is 38.9 Å². The molecule has 2 aliphatic heterocycles. The van der Waals surface area contributed by atoms with Gasteiger partial charge in [-0.05, 0) is 40.2 Å². The van der Waals surface area contributed by atoms with Crippen LogP contribution in [0.15, 0.2) is 41.1 Å². The Bertz CT molecular complexity index is 1080. The van der Waals surface area contributed by atoms with Crippen LogP contribution >= 0.6 is 28.6 Å². The van der Waals surface area contributed by atoms with Gasteiger partial charge in [0.05, 0.1) is 30.0 Å². The van der Waals surface area contributed by atoms with Gasteiger partial charge in [-0.2, -0.15) is 0 Å². The highest BCUT2D eigenvalue weighted by atomic mass is 79.9. The fraction of sp³-hybridized carbons (Fsp3) is 0.333. The van der Waals surface area contributed by atoms with E-state index in [1.807, 2.05) is 4.90 Å². The minimum absolute atomic E-state index is 0.115. The van der Waals surface area contributed by atoms with Crippen molar-refractivity contribution in [3.05, 3.63) is 52.5 Å². The second-order valence-corrected chi connectivity index (χ2v) is 8.93. The number of thiol groups is 1. The molecule has 4 rings (SSSR count). The molecule has 0 saturated carbocycles. The van der Waals surface area contributed by atoms with Crippen LogP contribution < -0.4 is 15.1 Å². The number of rotatable bonds is 5. The highest BCUT2D eigenvalue weighted by molar-refractivity contribution is 9.10. The third-order valence-corrected chi connectivity index (χ3v) is 6.05. The SMILES string of the molecule is O=C(S)NCC1CN(c2ccc(N3CCN(C(=O)c4cncc(Br)c4)CC3)c(F)c2)C(=O)O1. The van der Waals surface area contributed by atoms with Gasteiger partial charge in [-0.3, -0.25) is 19.5 Å².